The minimum atomic E-state index is -4.68. The number of anilines is 1. The second-order valence-corrected chi connectivity index (χ2v) is 8.28. The van der Waals surface area contributed by atoms with Crippen molar-refractivity contribution in [3.05, 3.63) is 57.3 Å². The highest BCUT2D eigenvalue weighted by Crippen LogP contribution is 2.59. The van der Waals surface area contributed by atoms with Crippen LogP contribution in [0, 0.1) is 18.7 Å². The van der Waals surface area contributed by atoms with Crippen molar-refractivity contribution in [1.82, 2.24) is 4.98 Å². The van der Waals surface area contributed by atoms with Crippen LogP contribution >= 0.6 is 0 Å². The summed E-state index contributed by atoms with van der Waals surface area (Å²) in [6.07, 6.45) is -5.85. The van der Waals surface area contributed by atoms with E-state index < -0.39 is 35.5 Å². The fourth-order valence-corrected chi connectivity index (χ4v) is 4.48. The first-order valence-electron chi connectivity index (χ1n) is 9.81. The van der Waals surface area contributed by atoms with Crippen molar-refractivity contribution in [1.29, 1.82) is 0 Å². The van der Waals surface area contributed by atoms with E-state index in [4.69, 9.17) is 9.47 Å². The number of nitrogens with one attached hydrogen (secondary N) is 1. The summed E-state index contributed by atoms with van der Waals surface area (Å²) >= 11 is 0. The van der Waals surface area contributed by atoms with E-state index in [9.17, 15) is 22.4 Å². The van der Waals surface area contributed by atoms with Gasteiger partial charge in [0.1, 0.15) is 11.8 Å². The highest BCUT2D eigenvalue weighted by molar-refractivity contribution is 5.50. The molecule has 1 N–H and O–H groups in total. The van der Waals surface area contributed by atoms with Crippen molar-refractivity contribution in [2.45, 2.75) is 44.6 Å². The van der Waals surface area contributed by atoms with Gasteiger partial charge in [-0.2, -0.15) is 13.2 Å². The Bertz CT molecular complexity index is 1030. The number of aryl methyl sites for hydroxylation is 1. The zero-order valence-electron chi connectivity index (χ0n) is 18.2. The molecular weight excluding hydrogens is 416 g/mol. The number of methoxy groups -OCH3 is 1. The molecule has 0 bridgehead atoms. The minimum Gasteiger partial charge on any atom is -0.493 e. The van der Waals surface area contributed by atoms with Crippen LogP contribution in [0.4, 0.5) is 23.2 Å². The summed E-state index contributed by atoms with van der Waals surface area (Å²) < 4.78 is 67.4. The summed E-state index contributed by atoms with van der Waals surface area (Å²) in [4.78, 5) is 17.4. The maximum atomic E-state index is 14.4. The van der Waals surface area contributed by atoms with Crippen LogP contribution in [0.1, 0.15) is 42.8 Å². The van der Waals surface area contributed by atoms with E-state index in [1.165, 1.54) is 38.3 Å². The lowest BCUT2D eigenvalue weighted by molar-refractivity contribution is -0.275. The summed E-state index contributed by atoms with van der Waals surface area (Å²) in [7, 11) is 4.66. The molecule has 1 fully saturated rings. The third-order valence-electron chi connectivity index (χ3n) is 6.19. The number of benzene rings is 1. The van der Waals surface area contributed by atoms with Crippen LogP contribution in [-0.4, -0.2) is 38.0 Å². The number of hydrogen-bond donors (Lipinski definition) is 1. The van der Waals surface area contributed by atoms with Gasteiger partial charge in [-0.25, -0.2) is 4.39 Å². The number of rotatable bonds is 4. The normalized spacial score (nSPS) is 26.2. The summed E-state index contributed by atoms with van der Waals surface area (Å²) in [5.41, 5.74) is -1.52. The van der Waals surface area contributed by atoms with Gasteiger partial charge in [0.25, 0.3) is 0 Å². The number of ether oxygens (including phenoxy) is 2. The number of nitrogens with zero attached hydrogens (tertiary/aromatic N) is 1. The maximum absolute atomic E-state index is 14.4. The van der Waals surface area contributed by atoms with E-state index in [1.54, 1.807) is 25.9 Å². The van der Waals surface area contributed by atoms with Gasteiger partial charge in [0.2, 0.25) is 5.43 Å². The Morgan fingerprint density at radius 1 is 1.26 bits per heavy atom. The molecule has 5 nitrogen and oxygen atoms in total. The molecule has 31 heavy (non-hydrogen) atoms. The molecule has 1 aliphatic heterocycles. The van der Waals surface area contributed by atoms with Crippen molar-refractivity contribution in [2.24, 2.45) is 5.92 Å². The average Bonchev–Trinajstić information content (AvgIpc) is 2.93. The zero-order valence-corrected chi connectivity index (χ0v) is 18.2. The van der Waals surface area contributed by atoms with Crippen molar-refractivity contribution < 1.29 is 27.0 Å². The fraction of sp³-hybridized carbons (Fsp3) is 0.500. The first kappa shape index (κ1) is 23.1. The number of hydrogen-bond acceptors (Lipinski definition) is 4. The van der Waals surface area contributed by atoms with Crippen LogP contribution < -0.4 is 15.1 Å². The van der Waals surface area contributed by atoms with Gasteiger partial charge in [-0.3, -0.25) is 4.79 Å². The first-order valence-corrected chi connectivity index (χ1v) is 9.81. The van der Waals surface area contributed by atoms with Gasteiger partial charge in [0.05, 0.1) is 7.11 Å². The summed E-state index contributed by atoms with van der Waals surface area (Å²) in [6, 6.07) is 5.38. The number of alkyl halides is 3. The van der Waals surface area contributed by atoms with Gasteiger partial charge in [-0.05, 0) is 19.9 Å². The molecule has 0 radical (unpaired) electrons. The van der Waals surface area contributed by atoms with Gasteiger partial charge in [0.15, 0.2) is 17.2 Å². The van der Waals surface area contributed by atoms with Gasteiger partial charge >= 0.3 is 6.18 Å². The lowest BCUT2D eigenvalue weighted by Gasteiger charge is -2.32. The van der Waals surface area contributed by atoms with E-state index in [0.29, 0.717) is 11.4 Å². The number of aromatic amines is 1. The van der Waals surface area contributed by atoms with Gasteiger partial charge < -0.3 is 19.4 Å². The molecule has 2 aromatic rings. The lowest BCUT2D eigenvalue weighted by Crippen LogP contribution is -2.46. The van der Waals surface area contributed by atoms with Crippen LogP contribution in [0.15, 0.2) is 29.1 Å². The lowest BCUT2D eigenvalue weighted by atomic mass is 9.76. The predicted octanol–water partition coefficient (Wildman–Crippen LogP) is 4.71. The van der Waals surface area contributed by atoms with E-state index in [-0.39, 0.29) is 22.4 Å². The third-order valence-corrected chi connectivity index (χ3v) is 6.19. The van der Waals surface area contributed by atoms with E-state index in [2.05, 4.69) is 4.98 Å². The average molecular weight is 442 g/mol. The van der Waals surface area contributed by atoms with Crippen LogP contribution in [0.5, 0.6) is 5.75 Å². The Kier molecular flexibility index (Phi) is 5.86. The molecule has 0 spiro atoms. The molecule has 4 atom stereocenters. The molecule has 9 heteroatoms. The second kappa shape index (κ2) is 7.85. The number of H-pyrrole nitrogens is 1. The monoisotopic (exact) mass is 442 g/mol. The van der Waals surface area contributed by atoms with Crippen LogP contribution in [0.2, 0.25) is 0 Å². The van der Waals surface area contributed by atoms with E-state index in [0.717, 1.165) is 6.92 Å². The molecule has 0 amide bonds. The molecule has 1 aromatic carbocycles. The Hall–Kier alpha value is -2.55. The Labute approximate surface area is 178 Å². The van der Waals surface area contributed by atoms with E-state index in [1.807, 2.05) is 0 Å². The van der Waals surface area contributed by atoms with Crippen LogP contribution in [-0.2, 0) is 4.74 Å². The van der Waals surface area contributed by atoms with Crippen molar-refractivity contribution in [2.75, 3.05) is 26.1 Å². The first-order chi connectivity index (χ1) is 14.3. The quantitative estimate of drug-likeness (QED) is 0.697. The van der Waals surface area contributed by atoms with Crippen molar-refractivity contribution in [3.63, 3.8) is 0 Å². The zero-order chi connectivity index (χ0) is 23.3. The number of pyridine rings is 1. The number of aromatic nitrogens is 1. The third kappa shape index (κ3) is 3.69. The van der Waals surface area contributed by atoms with Gasteiger partial charge in [-0.15, -0.1) is 0 Å². The molecule has 1 aromatic heterocycles. The van der Waals surface area contributed by atoms with E-state index >= 15 is 0 Å². The topological polar surface area (TPSA) is 54.6 Å². The molecule has 170 valence electrons. The highest BCUT2D eigenvalue weighted by Gasteiger charge is 2.65. The molecule has 1 aliphatic rings. The molecule has 0 unspecified atom stereocenters. The molecular formula is C22H26F4N2O3. The summed E-state index contributed by atoms with van der Waals surface area (Å²) in [5.74, 6) is -2.83. The summed E-state index contributed by atoms with van der Waals surface area (Å²) in [6.45, 7) is 4.07. The molecule has 1 saturated heterocycles. The van der Waals surface area contributed by atoms with Gasteiger partial charge in [-0.1, -0.05) is 19.1 Å². The highest BCUT2D eigenvalue weighted by atomic mass is 19.4. The Morgan fingerprint density at radius 2 is 1.90 bits per heavy atom. The molecule has 0 aliphatic carbocycles. The predicted molar refractivity (Wildman–Crippen MR) is 109 cm³/mol. The maximum Gasteiger partial charge on any atom is 0.417 e. The molecule has 2 heterocycles. The fourth-order valence-electron chi connectivity index (χ4n) is 4.48. The summed E-state index contributed by atoms with van der Waals surface area (Å²) in [5, 5.41) is 0. The van der Waals surface area contributed by atoms with Crippen LogP contribution in [0.25, 0.3) is 0 Å². The Balaban J connectivity index is 2.24. The van der Waals surface area contributed by atoms with Crippen molar-refractivity contribution in [3.8, 4) is 5.75 Å². The largest absolute Gasteiger partial charge is 0.493 e. The molecule has 3 rings (SSSR count). The second-order valence-electron chi connectivity index (χ2n) is 8.28. The van der Waals surface area contributed by atoms with Gasteiger partial charge in [0, 0.05) is 48.9 Å². The number of para-hydroxylation sites is 1. The standard InChI is InChI=1S/C22H26F4N2O3/c1-11-17(13-8-7-9-14(23)19(13)30-6)20(31-21(11,3)22(24,25)26)15-10-16(29)18(28(4)5)12(2)27-15/h7-11,17,20H,1-6H3,(H,27,29)/t11-,17-,20-,21+/m0/s1. The Morgan fingerprint density at radius 3 is 2.42 bits per heavy atom. The smallest absolute Gasteiger partial charge is 0.417 e. The van der Waals surface area contributed by atoms with Crippen molar-refractivity contribution >= 4 is 5.69 Å². The molecule has 0 saturated carbocycles. The SMILES string of the molecule is COc1c(F)cccc1[C@H]1[C@H](c2cc(=O)c(N(C)C)c(C)[nH]2)O[C@@](C)(C(F)(F)F)[C@H]1C. The van der Waals surface area contributed by atoms with Crippen LogP contribution in [0.3, 0.4) is 0 Å². The minimum absolute atomic E-state index is 0.136. The number of halogens is 4.